The van der Waals surface area contributed by atoms with Gasteiger partial charge in [-0.15, -0.1) is 11.6 Å². The highest BCUT2D eigenvalue weighted by Gasteiger charge is 2.37. The molecule has 0 radical (unpaired) electrons. The van der Waals surface area contributed by atoms with Gasteiger partial charge in [0.2, 0.25) is 5.91 Å². The summed E-state index contributed by atoms with van der Waals surface area (Å²) in [6.07, 6.45) is 0.975. The van der Waals surface area contributed by atoms with E-state index in [2.05, 4.69) is 5.32 Å². The second kappa shape index (κ2) is 5.92. The number of amides is 1. The SMILES string of the molecule is O=C(CCc1ccccc1)NC1CS(=O)(=O)CC1Cl. The molecule has 1 saturated heterocycles. The molecule has 2 rings (SSSR count). The number of sulfone groups is 1. The minimum absolute atomic E-state index is 0.0573. The van der Waals surface area contributed by atoms with Crippen LogP contribution in [0, 0.1) is 0 Å². The van der Waals surface area contributed by atoms with Crippen molar-refractivity contribution in [2.75, 3.05) is 11.5 Å². The molecule has 1 N–H and O–H groups in total. The third-order valence-electron chi connectivity index (χ3n) is 3.11. The van der Waals surface area contributed by atoms with Crippen molar-refractivity contribution in [1.29, 1.82) is 0 Å². The highest BCUT2D eigenvalue weighted by molar-refractivity contribution is 7.91. The van der Waals surface area contributed by atoms with Gasteiger partial charge in [0.1, 0.15) is 0 Å². The number of aryl methyl sites for hydroxylation is 1. The summed E-state index contributed by atoms with van der Waals surface area (Å²) in [6.45, 7) is 0. The molecule has 1 aromatic carbocycles. The molecule has 0 aliphatic carbocycles. The Morgan fingerprint density at radius 2 is 1.95 bits per heavy atom. The van der Waals surface area contributed by atoms with Gasteiger partial charge in [-0.2, -0.15) is 0 Å². The summed E-state index contributed by atoms with van der Waals surface area (Å²) in [4.78, 5) is 11.8. The number of halogens is 1. The van der Waals surface area contributed by atoms with Crippen molar-refractivity contribution < 1.29 is 13.2 Å². The van der Waals surface area contributed by atoms with Crippen molar-refractivity contribution in [3.63, 3.8) is 0 Å². The van der Waals surface area contributed by atoms with Crippen molar-refractivity contribution in [2.24, 2.45) is 0 Å². The van der Waals surface area contributed by atoms with Crippen LogP contribution < -0.4 is 5.32 Å². The number of benzene rings is 1. The van der Waals surface area contributed by atoms with Gasteiger partial charge >= 0.3 is 0 Å². The van der Waals surface area contributed by atoms with E-state index in [1.54, 1.807) is 0 Å². The number of hydrogen-bond donors (Lipinski definition) is 1. The molecule has 1 aromatic rings. The standard InChI is InChI=1S/C13H16ClNO3S/c14-11-8-19(17,18)9-12(11)15-13(16)7-6-10-4-2-1-3-5-10/h1-5,11-12H,6-9H2,(H,15,16). The van der Waals surface area contributed by atoms with Gasteiger partial charge in [0.25, 0.3) is 0 Å². The summed E-state index contributed by atoms with van der Waals surface area (Å²) < 4.78 is 22.8. The van der Waals surface area contributed by atoms with Crippen molar-refractivity contribution in [3.8, 4) is 0 Å². The Morgan fingerprint density at radius 1 is 1.26 bits per heavy atom. The maximum Gasteiger partial charge on any atom is 0.220 e. The molecule has 0 aromatic heterocycles. The Labute approximate surface area is 118 Å². The smallest absolute Gasteiger partial charge is 0.220 e. The molecule has 19 heavy (non-hydrogen) atoms. The lowest BCUT2D eigenvalue weighted by Gasteiger charge is -2.14. The predicted molar refractivity (Wildman–Crippen MR) is 75.0 cm³/mol. The van der Waals surface area contributed by atoms with E-state index in [-0.39, 0.29) is 17.4 Å². The number of carbonyl (C=O) groups excluding carboxylic acids is 1. The van der Waals surface area contributed by atoms with E-state index < -0.39 is 21.3 Å². The van der Waals surface area contributed by atoms with E-state index in [0.29, 0.717) is 12.8 Å². The van der Waals surface area contributed by atoms with Crippen LogP contribution in [0.4, 0.5) is 0 Å². The number of rotatable bonds is 4. The minimum Gasteiger partial charge on any atom is -0.351 e. The molecular formula is C13H16ClNO3S. The lowest BCUT2D eigenvalue weighted by molar-refractivity contribution is -0.121. The van der Waals surface area contributed by atoms with Gasteiger partial charge in [0.15, 0.2) is 9.84 Å². The molecule has 1 aliphatic heterocycles. The van der Waals surface area contributed by atoms with Crippen LogP contribution >= 0.6 is 11.6 Å². The summed E-state index contributed by atoms with van der Waals surface area (Å²) in [6, 6.07) is 9.22. The molecule has 6 heteroatoms. The van der Waals surface area contributed by atoms with Gasteiger partial charge in [-0.1, -0.05) is 30.3 Å². The molecule has 2 atom stereocenters. The second-order valence-corrected chi connectivity index (χ2v) is 7.47. The van der Waals surface area contributed by atoms with Crippen molar-refractivity contribution >= 4 is 27.3 Å². The monoisotopic (exact) mass is 301 g/mol. The molecule has 2 unspecified atom stereocenters. The average Bonchev–Trinajstić information content (AvgIpc) is 2.61. The molecule has 4 nitrogen and oxygen atoms in total. The molecule has 1 amide bonds. The van der Waals surface area contributed by atoms with Gasteiger partial charge in [-0.25, -0.2) is 8.42 Å². The fourth-order valence-corrected chi connectivity index (χ4v) is 4.67. The summed E-state index contributed by atoms with van der Waals surface area (Å²) in [5.74, 6) is -0.271. The highest BCUT2D eigenvalue weighted by Crippen LogP contribution is 2.18. The lowest BCUT2D eigenvalue weighted by Crippen LogP contribution is -2.40. The van der Waals surface area contributed by atoms with Crippen molar-refractivity contribution in [2.45, 2.75) is 24.3 Å². The maximum absolute atomic E-state index is 11.8. The third kappa shape index (κ3) is 4.21. The molecule has 104 valence electrons. The van der Waals surface area contributed by atoms with Crippen molar-refractivity contribution in [1.82, 2.24) is 5.32 Å². The minimum atomic E-state index is -3.10. The second-order valence-electron chi connectivity index (χ2n) is 4.75. The molecule has 0 spiro atoms. The maximum atomic E-state index is 11.8. The fraction of sp³-hybridized carbons (Fsp3) is 0.462. The first-order valence-electron chi connectivity index (χ1n) is 6.14. The van der Waals surface area contributed by atoms with Crippen LogP contribution in [0.5, 0.6) is 0 Å². The molecule has 0 bridgehead atoms. The van der Waals surface area contributed by atoms with Crippen LogP contribution in [0.15, 0.2) is 30.3 Å². The molecule has 1 heterocycles. The predicted octanol–water partition coefficient (Wildman–Crippen LogP) is 1.14. The Bertz CT molecular complexity index is 544. The zero-order valence-corrected chi connectivity index (χ0v) is 12.0. The van der Waals surface area contributed by atoms with E-state index >= 15 is 0 Å². The van der Waals surface area contributed by atoms with Crippen LogP contribution in [0.25, 0.3) is 0 Å². The van der Waals surface area contributed by atoms with Crippen LogP contribution in [0.1, 0.15) is 12.0 Å². The van der Waals surface area contributed by atoms with Crippen LogP contribution in [0.2, 0.25) is 0 Å². The third-order valence-corrected chi connectivity index (χ3v) is 5.49. The van der Waals surface area contributed by atoms with Gasteiger partial charge < -0.3 is 5.32 Å². The Kier molecular flexibility index (Phi) is 4.47. The molecule has 0 saturated carbocycles. The summed E-state index contributed by atoms with van der Waals surface area (Å²) in [5.41, 5.74) is 1.08. The Morgan fingerprint density at radius 3 is 2.53 bits per heavy atom. The molecule has 1 fully saturated rings. The van der Waals surface area contributed by atoms with Gasteiger partial charge in [-0.05, 0) is 12.0 Å². The lowest BCUT2D eigenvalue weighted by atomic mass is 10.1. The van der Waals surface area contributed by atoms with E-state index in [4.69, 9.17) is 11.6 Å². The van der Waals surface area contributed by atoms with E-state index in [1.807, 2.05) is 30.3 Å². The average molecular weight is 302 g/mol. The van der Waals surface area contributed by atoms with Gasteiger partial charge in [-0.3, -0.25) is 4.79 Å². The largest absolute Gasteiger partial charge is 0.351 e. The molecule has 1 aliphatic rings. The zero-order chi connectivity index (χ0) is 13.9. The van der Waals surface area contributed by atoms with Crippen LogP contribution in [0.3, 0.4) is 0 Å². The number of carbonyl (C=O) groups is 1. The number of nitrogens with one attached hydrogen (secondary N) is 1. The summed E-state index contributed by atoms with van der Waals surface area (Å²) in [7, 11) is -3.10. The van der Waals surface area contributed by atoms with Gasteiger partial charge in [0, 0.05) is 6.42 Å². The highest BCUT2D eigenvalue weighted by atomic mass is 35.5. The number of alkyl halides is 1. The molecular weight excluding hydrogens is 286 g/mol. The fourth-order valence-electron chi connectivity index (χ4n) is 2.12. The van der Waals surface area contributed by atoms with Gasteiger partial charge in [0.05, 0.1) is 22.9 Å². The van der Waals surface area contributed by atoms with E-state index in [9.17, 15) is 13.2 Å². The topological polar surface area (TPSA) is 63.2 Å². The normalized spacial score (nSPS) is 25.1. The van der Waals surface area contributed by atoms with Crippen molar-refractivity contribution in [3.05, 3.63) is 35.9 Å². The van der Waals surface area contributed by atoms with E-state index in [0.717, 1.165) is 5.56 Å². The van der Waals surface area contributed by atoms with E-state index in [1.165, 1.54) is 0 Å². The Hall–Kier alpha value is -1.07. The van der Waals surface area contributed by atoms with Crippen LogP contribution in [-0.4, -0.2) is 37.2 Å². The summed E-state index contributed by atoms with van der Waals surface area (Å²) >= 11 is 5.93. The Balaban J connectivity index is 1.82. The summed E-state index contributed by atoms with van der Waals surface area (Å²) in [5, 5.41) is 2.18. The first kappa shape index (κ1) is 14.3. The first-order chi connectivity index (χ1) is 8.96. The number of hydrogen-bond acceptors (Lipinski definition) is 3. The zero-order valence-electron chi connectivity index (χ0n) is 10.4. The van der Waals surface area contributed by atoms with Crippen LogP contribution in [-0.2, 0) is 21.1 Å². The quantitative estimate of drug-likeness (QED) is 0.848. The first-order valence-corrected chi connectivity index (χ1v) is 8.40.